The average molecular weight is 1830 g/mol. The maximum Gasteiger partial charge on any atom is 0.407 e. The van der Waals surface area contributed by atoms with Gasteiger partial charge < -0.3 is 70.6 Å². The lowest BCUT2D eigenvalue weighted by Crippen LogP contribution is -2.46. The van der Waals surface area contributed by atoms with Gasteiger partial charge in [0.2, 0.25) is 23.8 Å². The van der Waals surface area contributed by atoms with Crippen molar-refractivity contribution < 1.29 is 47.4 Å². The molecule has 12 heterocycles. The molecule has 0 radical (unpaired) electrons. The quantitative estimate of drug-likeness (QED) is 0.0589. The summed E-state index contributed by atoms with van der Waals surface area (Å²) in [5.74, 6) is 1.67. The van der Waals surface area contributed by atoms with Crippen LogP contribution in [-0.4, -0.2) is 209 Å². The van der Waals surface area contributed by atoms with Gasteiger partial charge in [-0.1, -0.05) is 60.7 Å². The number of rotatable bonds is 14. The number of morpholine rings is 1. The first kappa shape index (κ1) is 89.4. The van der Waals surface area contributed by atoms with Crippen molar-refractivity contribution in [1.29, 1.82) is 0 Å². The number of amides is 6. The normalized spacial score (nSPS) is 15.4. The largest absolute Gasteiger partial charge is 0.444 e. The van der Waals surface area contributed by atoms with Crippen LogP contribution in [0.15, 0.2) is 195 Å². The molecule has 0 bridgehead atoms. The molecule has 20 rings (SSSR count). The average Bonchev–Trinajstić information content (AvgIpc) is 1.65. The third kappa shape index (κ3) is 21.3. The summed E-state index contributed by atoms with van der Waals surface area (Å²) in [5.41, 5.74) is 8.94. The Hall–Kier alpha value is -13.6. The minimum absolute atomic E-state index is 0.0369. The molecule has 4 fully saturated rings. The van der Waals surface area contributed by atoms with Gasteiger partial charge in [0.15, 0.2) is 0 Å². The standard InChI is InChI=1S/C27H29N5O3S.C26H26FN5O3S.C23H23N5OS.C22H20N4O2S/c1-16-7-5-6-8-20(16)30-25-28-14-17-9-10-21-19(23(17)31-25)13-22(36-21)24(33)32-12-11-18(15-32)29-26(34)35-27(2,3)4;1-26(2,3)35-25(34)30-18-9-10-32(14-18)23(33)21-12-19-20(36-21)8-7-15-13-28-24(31-22(15)19)29-17-6-4-5-16(27)11-17;1-15-5-3-4-6-18(15)25-23-24-14-16-7-8-19-17(21(16)26-23)13-20(30-19)22(29)28-11-9-27(2)10-12-28;1-14-4-2-3-5-17(14)24-22-23-13-15-6-7-18-16(20(15)25-22)12-19(29-18)21(27)26-8-10-28-11-9-26/h5-10,13-14,18H,11-12,15H2,1-4H3,(H,29,34)(H,28,30,31);4-8,11-13,18H,9-10,14H2,1-3H3,(H,30,34)(H,28,29,31);3-8,13-14H,9-12H2,1-2H3,(H,24,25,26);2-7,12-13H,8-11H2,1H3,(H,23,24,25). The summed E-state index contributed by atoms with van der Waals surface area (Å²) in [5, 5.41) is 26.1. The molecule has 2 atom stereocenters. The second kappa shape index (κ2) is 38.6. The zero-order valence-corrected chi connectivity index (χ0v) is 77.3. The number of benzene rings is 8. The van der Waals surface area contributed by atoms with Gasteiger partial charge >= 0.3 is 12.2 Å². The third-order valence-electron chi connectivity index (χ3n) is 22.6. The van der Waals surface area contributed by atoms with Crippen molar-refractivity contribution in [2.24, 2.45) is 0 Å². The van der Waals surface area contributed by atoms with Crippen LogP contribution in [0.2, 0.25) is 0 Å². The Kier molecular flexibility index (Phi) is 26.4. The molecule has 0 aliphatic carbocycles. The molecule has 16 aromatic rings. The van der Waals surface area contributed by atoms with Crippen molar-refractivity contribution in [1.82, 2.24) is 75.0 Å². The van der Waals surface area contributed by atoms with Crippen LogP contribution in [0.5, 0.6) is 0 Å². The Bertz CT molecular complexity index is 7040. The number of ether oxygens (including phenoxy) is 3. The van der Waals surface area contributed by atoms with Crippen molar-refractivity contribution >= 4 is 212 Å². The van der Waals surface area contributed by atoms with Crippen LogP contribution in [0.4, 0.5) is 60.5 Å². The highest BCUT2D eigenvalue weighted by Crippen LogP contribution is 2.39. The van der Waals surface area contributed by atoms with Crippen LogP contribution in [0.3, 0.4) is 0 Å². The SMILES string of the molecule is CC(C)(C)OC(=O)NC1CCN(C(=O)c2cc3c(ccc4cnc(Nc5cccc(F)c5)nc43)s2)C1.Cc1ccccc1Nc1ncc2ccc3sc(C(=O)N4CCC(NC(=O)OC(C)(C)C)C4)cc3c2n1.Cc1ccccc1Nc1ncc2ccc3sc(C(=O)N4CCN(C)CC4)cc3c2n1.Cc1ccccc1Nc1ncc2ccc3sc(C(=O)N4CCOCC4)cc3c2n1. The first-order valence-electron chi connectivity index (χ1n) is 43.3. The molecule has 8 aromatic heterocycles. The lowest BCUT2D eigenvalue weighted by Gasteiger charge is -2.32. The van der Waals surface area contributed by atoms with Crippen LogP contribution in [0.1, 0.15) is 110 Å². The Balaban J connectivity index is 0.000000123. The van der Waals surface area contributed by atoms with E-state index in [1.165, 1.54) is 46.1 Å². The first-order chi connectivity index (χ1) is 63.1. The summed E-state index contributed by atoms with van der Waals surface area (Å²) < 4.78 is 33.6. The summed E-state index contributed by atoms with van der Waals surface area (Å²) >= 11 is 5.92. The Labute approximate surface area is 771 Å². The van der Waals surface area contributed by atoms with Gasteiger partial charge in [-0.05, 0) is 208 Å². The van der Waals surface area contributed by atoms with Crippen molar-refractivity contribution in [3.63, 3.8) is 0 Å². The van der Waals surface area contributed by atoms with Gasteiger partial charge in [0.1, 0.15) is 17.0 Å². The number of likely N-dealkylation sites (N-methyl/N-ethyl adjacent to an activating group) is 1. The van der Waals surface area contributed by atoms with E-state index in [0.29, 0.717) is 110 Å². The molecule has 28 nitrogen and oxygen atoms in total. The molecular weight excluding hydrogens is 1730 g/mol. The number of aromatic nitrogens is 8. The van der Waals surface area contributed by atoms with Gasteiger partial charge in [0.25, 0.3) is 23.6 Å². The van der Waals surface area contributed by atoms with Crippen molar-refractivity contribution in [3.8, 4) is 0 Å². The highest BCUT2D eigenvalue weighted by molar-refractivity contribution is 7.22. The van der Waals surface area contributed by atoms with E-state index in [1.54, 1.807) is 45.7 Å². The Morgan fingerprint density at radius 3 is 1.05 bits per heavy atom. The lowest BCUT2D eigenvalue weighted by atomic mass is 10.1. The third-order valence-corrected chi connectivity index (χ3v) is 26.9. The zero-order valence-electron chi connectivity index (χ0n) is 74.0. The first-order valence-corrected chi connectivity index (χ1v) is 46.5. The number of piperazine rings is 1. The predicted molar refractivity (Wildman–Crippen MR) is 520 cm³/mol. The van der Waals surface area contributed by atoms with E-state index in [9.17, 15) is 33.2 Å². The predicted octanol–water partition coefficient (Wildman–Crippen LogP) is 19.8. The molecule has 4 aliphatic rings. The van der Waals surface area contributed by atoms with E-state index in [1.807, 2.05) is 211 Å². The molecule has 33 heteroatoms. The number of alkyl carbamates (subject to hydrolysis) is 2. The molecule has 2 unspecified atom stereocenters. The molecule has 131 heavy (non-hydrogen) atoms. The highest BCUT2D eigenvalue weighted by atomic mass is 32.1. The van der Waals surface area contributed by atoms with Gasteiger partial charge in [0.05, 0.1) is 66.9 Å². The molecule has 6 N–H and O–H groups in total. The number of hydrogen-bond donors (Lipinski definition) is 6. The molecule has 670 valence electrons. The smallest absolute Gasteiger partial charge is 0.407 e. The molecule has 4 aliphatic heterocycles. The van der Waals surface area contributed by atoms with Crippen LogP contribution in [0.25, 0.3) is 84.0 Å². The topological polar surface area (TPSA) is 322 Å². The number of carbonyl (C=O) groups excluding carboxylic acids is 6. The number of carbonyl (C=O) groups is 6. The second-order valence-electron chi connectivity index (χ2n) is 34.6. The van der Waals surface area contributed by atoms with E-state index in [0.717, 1.165) is 148 Å². The van der Waals surface area contributed by atoms with Gasteiger partial charge in [-0.25, -0.2) is 53.9 Å². The number of thiophene rings is 4. The van der Waals surface area contributed by atoms with Crippen LogP contribution in [-0.2, 0) is 14.2 Å². The minimum atomic E-state index is -0.575. The van der Waals surface area contributed by atoms with Crippen molar-refractivity contribution in [2.75, 3.05) is 107 Å². The van der Waals surface area contributed by atoms with Gasteiger partial charge in [0, 0.05) is 175 Å². The van der Waals surface area contributed by atoms with Crippen LogP contribution in [0, 0.1) is 26.6 Å². The molecule has 0 spiro atoms. The maximum atomic E-state index is 13.5. The van der Waals surface area contributed by atoms with Crippen LogP contribution >= 0.6 is 45.3 Å². The van der Waals surface area contributed by atoms with Crippen LogP contribution < -0.4 is 31.9 Å². The zero-order chi connectivity index (χ0) is 91.4. The molecular formula is C98H98FN19O9S4. The van der Waals surface area contributed by atoms with Crippen molar-refractivity contribution in [3.05, 3.63) is 237 Å². The van der Waals surface area contributed by atoms with Gasteiger partial charge in [-0.3, -0.25) is 19.2 Å². The minimum Gasteiger partial charge on any atom is -0.444 e. The number of aryl methyl sites for hydroxylation is 3. The molecule has 8 aromatic carbocycles. The summed E-state index contributed by atoms with van der Waals surface area (Å²) in [4.78, 5) is 126. The lowest BCUT2D eigenvalue weighted by molar-refractivity contribution is 0.0306. The summed E-state index contributed by atoms with van der Waals surface area (Å²) in [6.07, 6.45) is 7.60. The number of anilines is 8. The fourth-order valence-electron chi connectivity index (χ4n) is 15.8. The highest BCUT2D eigenvalue weighted by Gasteiger charge is 2.34. The number of hydrogen-bond acceptors (Lipinski definition) is 26. The van der Waals surface area contributed by atoms with Crippen molar-refractivity contribution in [2.45, 2.75) is 98.4 Å². The molecule has 4 saturated heterocycles. The summed E-state index contributed by atoms with van der Waals surface area (Å²) in [6.45, 7) is 24.9. The van der Waals surface area contributed by atoms with E-state index < -0.39 is 23.4 Å². The number of nitrogens with zero attached hydrogens (tertiary/aromatic N) is 13. The number of likely N-dealkylation sites (tertiary alicyclic amines) is 2. The number of fused-ring (bicyclic) bond motifs is 12. The molecule has 6 amide bonds. The number of halogens is 1. The van der Waals surface area contributed by atoms with Gasteiger partial charge in [-0.15, -0.1) is 45.3 Å². The summed E-state index contributed by atoms with van der Waals surface area (Å²) in [6, 6.07) is 53.6. The van der Waals surface area contributed by atoms with E-state index in [4.69, 9.17) is 29.2 Å². The summed E-state index contributed by atoms with van der Waals surface area (Å²) in [7, 11) is 2.09. The number of para-hydroxylation sites is 3. The number of nitrogens with one attached hydrogen (secondary N) is 6. The van der Waals surface area contributed by atoms with E-state index >= 15 is 0 Å². The van der Waals surface area contributed by atoms with E-state index in [2.05, 4.69) is 87.8 Å². The maximum absolute atomic E-state index is 13.5. The Morgan fingerprint density at radius 2 is 0.718 bits per heavy atom. The Morgan fingerprint density at radius 1 is 0.389 bits per heavy atom. The van der Waals surface area contributed by atoms with Gasteiger partial charge in [-0.2, -0.15) is 0 Å². The van der Waals surface area contributed by atoms with E-state index in [-0.39, 0.29) is 41.5 Å². The monoisotopic (exact) mass is 1830 g/mol. The fourth-order valence-corrected chi connectivity index (χ4v) is 19.9. The molecule has 0 saturated carbocycles. The second-order valence-corrected chi connectivity index (χ2v) is 38.9. The fraction of sp³-hybridized carbons (Fsp3) is 0.286.